The fourth-order valence-corrected chi connectivity index (χ4v) is 1.71. The minimum atomic E-state index is -0.360. The molecule has 0 spiro atoms. The summed E-state index contributed by atoms with van der Waals surface area (Å²) in [5.74, 6) is 0.106. The lowest BCUT2D eigenvalue weighted by Crippen LogP contribution is -2.29. The summed E-state index contributed by atoms with van der Waals surface area (Å²) in [5.41, 5.74) is 0.504. The first kappa shape index (κ1) is 10.7. The zero-order chi connectivity index (χ0) is 11.5. The van der Waals surface area contributed by atoms with Crippen LogP contribution in [0.15, 0.2) is 18.2 Å². The van der Waals surface area contributed by atoms with Crippen LogP contribution in [0.2, 0.25) is 0 Å². The number of nitrogens with one attached hydrogen (secondary N) is 2. The Hall–Kier alpha value is -1.78. The van der Waals surface area contributed by atoms with E-state index in [2.05, 4.69) is 10.6 Å². The number of benzene rings is 1. The van der Waals surface area contributed by atoms with Crippen molar-refractivity contribution in [3.63, 3.8) is 0 Å². The Balaban J connectivity index is 2.19. The normalized spacial score (nSPS) is 19.4. The van der Waals surface area contributed by atoms with E-state index in [0.29, 0.717) is 24.4 Å². The maximum Gasteiger partial charge on any atom is 0.242 e. The smallest absolute Gasteiger partial charge is 0.242 e. The average molecular weight is 224 g/mol. The van der Waals surface area contributed by atoms with Gasteiger partial charge in [0.15, 0.2) is 0 Å². The zero-order valence-corrected chi connectivity index (χ0v) is 8.92. The number of carbonyl (C=O) groups excluding carboxylic acids is 1. The van der Waals surface area contributed by atoms with Crippen molar-refractivity contribution in [3.8, 4) is 5.75 Å². The van der Waals surface area contributed by atoms with Gasteiger partial charge in [-0.3, -0.25) is 4.79 Å². The number of hydrogen-bond donors (Lipinski definition) is 2. The van der Waals surface area contributed by atoms with E-state index < -0.39 is 0 Å². The lowest BCUT2D eigenvalue weighted by Gasteiger charge is -2.14. The van der Waals surface area contributed by atoms with Gasteiger partial charge in [0, 0.05) is 12.6 Å². The summed E-state index contributed by atoms with van der Waals surface area (Å²) in [6.45, 7) is 0.647. The van der Waals surface area contributed by atoms with Gasteiger partial charge in [-0.05, 0) is 18.6 Å². The van der Waals surface area contributed by atoms with Crippen molar-refractivity contribution in [1.29, 1.82) is 0 Å². The summed E-state index contributed by atoms with van der Waals surface area (Å²) < 4.78 is 18.1. The topological polar surface area (TPSA) is 50.4 Å². The van der Waals surface area contributed by atoms with Gasteiger partial charge in [-0.15, -0.1) is 0 Å². The quantitative estimate of drug-likeness (QED) is 0.809. The van der Waals surface area contributed by atoms with Gasteiger partial charge in [0.2, 0.25) is 5.91 Å². The molecule has 1 aliphatic rings. The van der Waals surface area contributed by atoms with E-state index in [1.54, 1.807) is 0 Å². The number of ether oxygens (including phenoxy) is 1. The molecule has 2 N–H and O–H groups in total. The second-order valence-corrected chi connectivity index (χ2v) is 3.62. The Bertz CT molecular complexity index is 409. The largest absolute Gasteiger partial charge is 0.495 e. The molecule has 0 saturated carbocycles. The Morgan fingerprint density at radius 2 is 2.38 bits per heavy atom. The van der Waals surface area contributed by atoms with Gasteiger partial charge in [-0.2, -0.15) is 0 Å². The molecule has 2 rings (SSSR count). The average Bonchev–Trinajstić information content (AvgIpc) is 2.65. The number of anilines is 1. The van der Waals surface area contributed by atoms with E-state index in [4.69, 9.17) is 4.74 Å². The van der Waals surface area contributed by atoms with Gasteiger partial charge in [-0.1, -0.05) is 0 Å². The van der Waals surface area contributed by atoms with E-state index in [1.165, 1.54) is 25.3 Å². The molecule has 0 radical (unpaired) electrons. The van der Waals surface area contributed by atoms with Crippen LogP contribution in [0.25, 0.3) is 0 Å². The van der Waals surface area contributed by atoms with Crippen LogP contribution in [0.5, 0.6) is 5.75 Å². The van der Waals surface area contributed by atoms with Gasteiger partial charge < -0.3 is 15.4 Å². The summed E-state index contributed by atoms with van der Waals surface area (Å²) in [4.78, 5) is 11.4. The molecule has 1 saturated heterocycles. The first-order chi connectivity index (χ1) is 7.70. The summed E-state index contributed by atoms with van der Waals surface area (Å²) in [6, 6.07) is 3.86. The van der Waals surface area contributed by atoms with Gasteiger partial charge in [0.05, 0.1) is 12.8 Å². The third-order valence-electron chi connectivity index (χ3n) is 2.54. The Kier molecular flexibility index (Phi) is 2.94. The molecule has 0 bridgehead atoms. The molecular weight excluding hydrogens is 211 g/mol. The second kappa shape index (κ2) is 4.38. The highest BCUT2D eigenvalue weighted by Gasteiger charge is 2.24. The molecule has 4 nitrogen and oxygen atoms in total. The molecule has 1 atom stereocenters. The SMILES string of the molecule is COc1ccc(F)cc1NC1CCNC1=O. The molecule has 16 heavy (non-hydrogen) atoms. The molecule has 1 amide bonds. The summed E-state index contributed by atoms with van der Waals surface area (Å²) >= 11 is 0. The van der Waals surface area contributed by atoms with E-state index in [-0.39, 0.29) is 17.8 Å². The highest BCUT2D eigenvalue weighted by Crippen LogP contribution is 2.26. The molecule has 0 aliphatic carbocycles. The number of methoxy groups -OCH3 is 1. The number of rotatable bonds is 3. The van der Waals surface area contributed by atoms with E-state index >= 15 is 0 Å². The molecule has 0 aromatic heterocycles. The van der Waals surface area contributed by atoms with Crippen LogP contribution < -0.4 is 15.4 Å². The van der Waals surface area contributed by atoms with Gasteiger partial charge in [-0.25, -0.2) is 4.39 Å². The summed E-state index contributed by atoms with van der Waals surface area (Å²) in [6.07, 6.45) is 0.693. The number of carbonyl (C=O) groups is 1. The summed E-state index contributed by atoms with van der Waals surface area (Å²) in [5, 5.41) is 5.68. The highest BCUT2D eigenvalue weighted by molar-refractivity contribution is 5.87. The minimum absolute atomic E-state index is 0.0636. The number of amides is 1. The van der Waals surface area contributed by atoms with E-state index in [9.17, 15) is 9.18 Å². The van der Waals surface area contributed by atoms with Crippen molar-refractivity contribution in [3.05, 3.63) is 24.0 Å². The first-order valence-corrected chi connectivity index (χ1v) is 5.08. The predicted molar refractivity (Wildman–Crippen MR) is 58.0 cm³/mol. The lowest BCUT2D eigenvalue weighted by atomic mass is 10.2. The highest BCUT2D eigenvalue weighted by atomic mass is 19.1. The standard InChI is InChI=1S/C11H13FN2O2/c1-16-10-3-2-7(12)6-9(10)14-8-4-5-13-11(8)15/h2-3,6,8,14H,4-5H2,1H3,(H,13,15). The number of halogens is 1. The van der Waals surface area contributed by atoms with E-state index in [1.807, 2.05) is 0 Å². The summed E-state index contributed by atoms with van der Waals surface area (Å²) in [7, 11) is 1.51. The molecule has 5 heteroatoms. The van der Waals surface area contributed by atoms with Crippen molar-refractivity contribution in [2.45, 2.75) is 12.5 Å². The van der Waals surface area contributed by atoms with E-state index in [0.717, 1.165) is 0 Å². The molecule has 1 aromatic rings. The lowest BCUT2D eigenvalue weighted by molar-refractivity contribution is -0.119. The second-order valence-electron chi connectivity index (χ2n) is 3.62. The van der Waals surface area contributed by atoms with Crippen LogP contribution in [0, 0.1) is 5.82 Å². The van der Waals surface area contributed by atoms with Gasteiger partial charge in [0.25, 0.3) is 0 Å². The maximum atomic E-state index is 13.1. The van der Waals surface area contributed by atoms with Crippen molar-refractivity contribution in [1.82, 2.24) is 5.32 Å². The van der Waals surface area contributed by atoms with Crippen LogP contribution in [0.1, 0.15) is 6.42 Å². The molecule has 1 aromatic carbocycles. The Labute approximate surface area is 92.8 Å². The van der Waals surface area contributed by atoms with Crippen molar-refractivity contribution in [2.75, 3.05) is 19.0 Å². The van der Waals surface area contributed by atoms with Crippen molar-refractivity contribution < 1.29 is 13.9 Å². The fourth-order valence-electron chi connectivity index (χ4n) is 1.71. The maximum absolute atomic E-state index is 13.1. The molecule has 1 heterocycles. The van der Waals surface area contributed by atoms with Crippen molar-refractivity contribution in [2.24, 2.45) is 0 Å². The van der Waals surface area contributed by atoms with Crippen LogP contribution in [-0.2, 0) is 4.79 Å². The Morgan fingerprint density at radius 3 is 3.00 bits per heavy atom. The van der Waals surface area contributed by atoms with Gasteiger partial charge in [0.1, 0.15) is 17.6 Å². The Morgan fingerprint density at radius 1 is 1.56 bits per heavy atom. The molecule has 1 fully saturated rings. The van der Waals surface area contributed by atoms with Crippen LogP contribution in [-0.4, -0.2) is 25.6 Å². The fraction of sp³-hybridized carbons (Fsp3) is 0.364. The molecule has 1 aliphatic heterocycles. The molecule has 86 valence electrons. The third kappa shape index (κ3) is 2.08. The van der Waals surface area contributed by atoms with Crippen LogP contribution in [0.4, 0.5) is 10.1 Å². The van der Waals surface area contributed by atoms with Crippen molar-refractivity contribution >= 4 is 11.6 Å². The molecule has 1 unspecified atom stereocenters. The third-order valence-corrected chi connectivity index (χ3v) is 2.54. The number of hydrogen-bond acceptors (Lipinski definition) is 3. The monoisotopic (exact) mass is 224 g/mol. The minimum Gasteiger partial charge on any atom is -0.495 e. The predicted octanol–water partition coefficient (Wildman–Crippen LogP) is 1.13. The van der Waals surface area contributed by atoms with Crippen LogP contribution in [0.3, 0.4) is 0 Å². The first-order valence-electron chi connectivity index (χ1n) is 5.08. The molecular formula is C11H13FN2O2. The zero-order valence-electron chi connectivity index (χ0n) is 8.92. The van der Waals surface area contributed by atoms with Gasteiger partial charge >= 0.3 is 0 Å². The van der Waals surface area contributed by atoms with Crippen LogP contribution >= 0.6 is 0 Å².